The number of hydrogen-bond donors (Lipinski definition) is 1. The first-order valence-electron chi connectivity index (χ1n) is 11.1. The van der Waals surface area contributed by atoms with Crippen molar-refractivity contribution in [2.24, 2.45) is 0 Å². The smallest absolute Gasteiger partial charge is 0.223 e. The fraction of sp³-hybridized carbons (Fsp3) is 0.120. The van der Waals surface area contributed by atoms with E-state index in [-0.39, 0.29) is 5.95 Å². The lowest BCUT2D eigenvalue weighted by Crippen LogP contribution is -2.08. The SMILES string of the molecule is CCn1nccc1-c1c(-c2ccccc2C#N)nc(N)n2nc(Cc3noc4ccccc34)nc12. The van der Waals surface area contributed by atoms with Crippen molar-refractivity contribution in [1.29, 1.82) is 5.26 Å². The molecule has 0 unspecified atom stereocenters. The number of anilines is 1. The molecule has 4 aromatic heterocycles. The summed E-state index contributed by atoms with van der Waals surface area (Å²) in [5.41, 5.74) is 11.5. The Bertz CT molecular complexity index is 1750. The average Bonchev–Trinajstić information content (AvgIpc) is 3.63. The van der Waals surface area contributed by atoms with Crippen molar-refractivity contribution in [3.63, 3.8) is 0 Å². The Morgan fingerprint density at radius 1 is 1.06 bits per heavy atom. The summed E-state index contributed by atoms with van der Waals surface area (Å²) in [6, 6.07) is 19.1. The van der Waals surface area contributed by atoms with Gasteiger partial charge in [-0.1, -0.05) is 35.5 Å². The normalized spacial score (nSPS) is 11.3. The Morgan fingerprint density at radius 2 is 1.89 bits per heavy atom. The number of nitriles is 1. The number of aromatic nitrogens is 7. The number of nitrogen functional groups attached to an aromatic ring is 1. The first-order chi connectivity index (χ1) is 17.2. The maximum Gasteiger partial charge on any atom is 0.223 e. The van der Waals surface area contributed by atoms with Gasteiger partial charge in [0.15, 0.2) is 17.1 Å². The van der Waals surface area contributed by atoms with E-state index in [4.69, 9.17) is 15.2 Å². The lowest BCUT2D eigenvalue weighted by Gasteiger charge is -2.13. The van der Waals surface area contributed by atoms with Crippen molar-refractivity contribution < 1.29 is 4.52 Å². The minimum Gasteiger partial charge on any atom is -0.368 e. The largest absolute Gasteiger partial charge is 0.368 e. The summed E-state index contributed by atoms with van der Waals surface area (Å²) in [6.07, 6.45) is 2.08. The predicted molar refractivity (Wildman–Crippen MR) is 129 cm³/mol. The monoisotopic (exact) mass is 461 g/mol. The Morgan fingerprint density at radius 3 is 2.74 bits per heavy atom. The van der Waals surface area contributed by atoms with Gasteiger partial charge in [0, 0.05) is 23.7 Å². The van der Waals surface area contributed by atoms with Gasteiger partial charge in [0.25, 0.3) is 0 Å². The molecule has 6 rings (SSSR count). The van der Waals surface area contributed by atoms with Crippen LogP contribution in [0.5, 0.6) is 0 Å². The molecule has 0 aliphatic rings. The molecule has 0 radical (unpaired) electrons. The zero-order valence-electron chi connectivity index (χ0n) is 18.8. The van der Waals surface area contributed by atoms with Crippen LogP contribution in [-0.2, 0) is 13.0 Å². The molecule has 2 N–H and O–H groups in total. The molecule has 6 aromatic rings. The third-order valence-corrected chi connectivity index (χ3v) is 5.91. The zero-order chi connectivity index (χ0) is 23.9. The summed E-state index contributed by atoms with van der Waals surface area (Å²) in [4.78, 5) is 9.54. The lowest BCUT2D eigenvalue weighted by molar-refractivity contribution is 0.447. The number of benzene rings is 2. The minimum atomic E-state index is 0.165. The maximum atomic E-state index is 9.74. The Labute approximate surface area is 199 Å². The summed E-state index contributed by atoms with van der Waals surface area (Å²) < 4.78 is 8.82. The molecule has 0 spiro atoms. The van der Waals surface area contributed by atoms with Crippen molar-refractivity contribution in [2.75, 3.05) is 5.73 Å². The van der Waals surface area contributed by atoms with Crippen LogP contribution in [0.2, 0.25) is 0 Å². The standard InChI is InChI=1S/C25H19N9O/c1-2-33-19(11-12-28-33)22-23(16-8-4-3-7-15(16)14-26)30-25(27)34-24(22)29-21(31-34)13-18-17-9-5-6-10-20(17)35-32-18/h3-12H,2,13H2,1H3,(H2,27,30). The average molecular weight is 461 g/mol. The van der Waals surface area contributed by atoms with E-state index in [1.54, 1.807) is 12.3 Å². The molecule has 0 amide bonds. The van der Waals surface area contributed by atoms with E-state index in [1.807, 2.05) is 60.1 Å². The van der Waals surface area contributed by atoms with Crippen LogP contribution >= 0.6 is 0 Å². The molecule has 10 heteroatoms. The van der Waals surface area contributed by atoms with Gasteiger partial charge in [-0.25, -0.2) is 9.97 Å². The molecular formula is C25H19N9O. The third kappa shape index (κ3) is 3.29. The molecule has 0 saturated carbocycles. The van der Waals surface area contributed by atoms with E-state index in [2.05, 4.69) is 26.4 Å². The van der Waals surface area contributed by atoms with Crippen molar-refractivity contribution in [3.8, 4) is 28.6 Å². The van der Waals surface area contributed by atoms with Gasteiger partial charge in [0.2, 0.25) is 5.95 Å². The highest BCUT2D eigenvalue weighted by Crippen LogP contribution is 2.36. The van der Waals surface area contributed by atoms with E-state index in [0.717, 1.165) is 16.8 Å². The quantitative estimate of drug-likeness (QED) is 0.409. The number of nitrogens with zero attached hydrogens (tertiary/aromatic N) is 8. The number of para-hydroxylation sites is 1. The molecule has 170 valence electrons. The molecule has 0 aliphatic carbocycles. The minimum absolute atomic E-state index is 0.165. The van der Waals surface area contributed by atoms with Crippen molar-refractivity contribution in [2.45, 2.75) is 19.9 Å². The second-order valence-corrected chi connectivity index (χ2v) is 7.95. The highest BCUT2D eigenvalue weighted by Gasteiger charge is 2.24. The van der Waals surface area contributed by atoms with Crippen LogP contribution < -0.4 is 5.73 Å². The summed E-state index contributed by atoms with van der Waals surface area (Å²) >= 11 is 0. The van der Waals surface area contributed by atoms with Crippen LogP contribution in [0.15, 0.2) is 65.3 Å². The zero-order valence-corrected chi connectivity index (χ0v) is 18.8. The van der Waals surface area contributed by atoms with Crippen molar-refractivity contribution in [3.05, 3.63) is 77.9 Å². The molecule has 0 bridgehead atoms. The molecule has 4 heterocycles. The molecule has 35 heavy (non-hydrogen) atoms. The van der Waals surface area contributed by atoms with Crippen LogP contribution in [0.4, 0.5) is 5.95 Å². The number of aryl methyl sites for hydroxylation is 1. The van der Waals surface area contributed by atoms with Crippen molar-refractivity contribution >= 4 is 22.6 Å². The molecular weight excluding hydrogens is 442 g/mol. The first-order valence-corrected chi connectivity index (χ1v) is 11.1. The number of nitrogens with two attached hydrogens (primary N) is 1. The molecule has 0 fully saturated rings. The van der Waals surface area contributed by atoms with Gasteiger partial charge in [-0.15, -0.1) is 5.10 Å². The highest BCUT2D eigenvalue weighted by atomic mass is 16.5. The number of rotatable bonds is 5. The van der Waals surface area contributed by atoms with Crippen molar-refractivity contribution in [1.82, 2.24) is 34.5 Å². The second kappa shape index (κ2) is 8.07. The van der Waals surface area contributed by atoms with Gasteiger partial charge >= 0.3 is 0 Å². The van der Waals surface area contributed by atoms with E-state index in [9.17, 15) is 5.26 Å². The lowest BCUT2D eigenvalue weighted by atomic mass is 9.99. The summed E-state index contributed by atoms with van der Waals surface area (Å²) in [5, 5.41) is 23.9. The highest BCUT2D eigenvalue weighted by molar-refractivity contribution is 5.91. The Balaban J connectivity index is 1.60. The number of hydrogen-bond acceptors (Lipinski definition) is 8. The van der Waals surface area contributed by atoms with Crippen LogP contribution in [0, 0.1) is 11.3 Å². The van der Waals surface area contributed by atoms with E-state index in [0.29, 0.717) is 52.4 Å². The predicted octanol–water partition coefficient (Wildman–Crippen LogP) is 3.86. The summed E-state index contributed by atoms with van der Waals surface area (Å²) in [5.74, 6) is 0.685. The first kappa shape index (κ1) is 20.6. The second-order valence-electron chi connectivity index (χ2n) is 7.95. The van der Waals surface area contributed by atoms with Crippen LogP contribution in [0.1, 0.15) is 24.0 Å². The van der Waals surface area contributed by atoms with E-state index in [1.165, 1.54) is 4.52 Å². The van der Waals surface area contributed by atoms with Crippen LogP contribution in [-0.4, -0.2) is 34.5 Å². The molecule has 0 aliphatic heterocycles. The van der Waals surface area contributed by atoms with Crippen LogP contribution in [0.3, 0.4) is 0 Å². The van der Waals surface area contributed by atoms with Gasteiger partial charge in [-0.05, 0) is 31.2 Å². The van der Waals surface area contributed by atoms with Crippen LogP contribution in [0.25, 0.3) is 39.1 Å². The van der Waals surface area contributed by atoms with Gasteiger partial charge in [-0.2, -0.15) is 14.9 Å². The molecule has 2 aromatic carbocycles. The third-order valence-electron chi connectivity index (χ3n) is 5.91. The molecule has 0 saturated heterocycles. The topological polar surface area (TPSA) is 137 Å². The van der Waals surface area contributed by atoms with E-state index < -0.39 is 0 Å². The summed E-state index contributed by atoms with van der Waals surface area (Å²) in [7, 11) is 0. The number of fused-ring (bicyclic) bond motifs is 2. The van der Waals surface area contributed by atoms with Gasteiger partial charge in [0.1, 0.15) is 0 Å². The fourth-order valence-electron chi connectivity index (χ4n) is 4.31. The molecule has 10 nitrogen and oxygen atoms in total. The maximum absolute atomic E-state index is 9.74. The summed E-state index contributed by atoms with van der Waals surface area (Å²) in [6.45, 7) is 2.65. The molecule has 0 atom stereocenters. The Kier molecular flexibility index (Phi) is 4.74. The Hall–Kier alpha value is -5.04. The van der Waals surface area contributed by atoms with Gasteiger partial charge < -0.3 is 10.3 Å². The fourth-order valence-corrected chi connectivity index (χ4v) is 4.31. The van der Waals surface area contributed by atoms with Gasteiger partial charge in [0.05, 0.1) is 40.7 Å². The van der Waals surface area contributed by atoms with E-state index >= 15 is 0 Å². The van der Waals surface area contributed by atoms with Gasteiger partial charge in [-0.3, -0.25) is 4.68 Å².